The van der Waals surface area contributed by atoms with Crippen LogP contribution in [0.15, 0.2) is 64.8 Å². The van der Waals surface area contributed by atoms with Gasteiger partial charge in [-0.2, -0.15) is 10.2 Å². The van der Waals surface area contributed by atoms with Crippen LogP contribution in [0.1, 0.15) is 6.42 Å². The third-order valence-electron chi connectivity index (χ3n) is 6.52. The molecular weight excluding hydrogens is 572 g/mol. The van der Waals surface area contributed by atoms with Crippen LogP contribution >= 0.6 is 0 Å². The summed E-state index contributed by atoms with van der Waals surface area (Å²) in [6, 6.07) is 15.4. The van der Waals surface area contributed by atoms with Crippen molar-refractivity contribution in [3.63, 3.8) is 0 Å². The molecule has 3 rings (SSSR count). The summed E-state index contributed by atoms with van der Waals surface area (Å²) in [6.45, 7) is -2.18. The normalized spacial score (nSPS) is 25.1. The van der Waals surface area contributed by atoms with Crippen LogP contribution < -0.4 is 10.6 Å². The number of aliphatic hydroxyl groups is 8. The number of carbonyl (C=O) groups excluding carboxylic acids is 2. The zero-order valence-corrected chi connectivity index (χ0v) is 22.8. The number of ether oxygens (including phenoxy) is 2. The molecule has 5 unspecified atom stereocenters. The summed E-state index contributed by atoms with van der Waals surface area (Å²) in [7, 11) is 0. The zero-order chi connectivity index (χ0) is 31.5. The van der Waals surface area contributed by atoms with Crippen LogP contribution in [-0.4, -0.2) is 122 Å². The van der Waals surface area contributed by atoms with Crippen LogP contribution in [0.5, 0.6) is 0 Å². The minimum atomic E-state index is -2.21. The second kappa shape index (κ2) is 16.4. The van der Waals surface area contributed by atoms with Crippen LogP contribution in [0.3, 0.4) is 0 Å². The minimum absolute atomic E-state index is 0.380. The number of nitrogens with zero attached hydrogens (tertiary/aromatic N) is 2. The van der Waals surface area contributed by atoms with Gasteiger partial charge in [0.1, 0.15) is 12.2 Å². The minimum Gasteiger partial charge on any atom is -0.396 e. The van der Waals surface area contributed by atoms with E-state index in [2.05, 4.69) is 20.9 Å². The van der Waals surface area contributed by atoms with Gasteiger partial charge in [0, 0.05) is 12.1 Å². The van der Waals surface area contributed by atoms with Gasteiger partial charge >= 0.3 is 0 Å². The van der Waals surface area contributed by atoms with Crippen molar-refractivity contribution < 1.29 is 59.9 Å². The number of amides is 2. The number of aliphatic hydroxyl groups excluding tert-OH is 8. The Kier molecular flexibility index (Phi) is 13.0. The van der Waals surface area contributed by atoms with Gasteiger partial charge in [0.2, 0.25) is 5.91 Å². The van der Waals surface area contributed by atoms with Crippen LogP contribution in [0.4, 0.5) is 17.1 Å². The van der Waals surface area contributed by atoms with E-state index in [0.717, 1.165) is 0 Å². The van der Waals surface area contributed by atoms with E-state index in [-0.39, 0.29) is 0 Å². The first kappa shape index (κ1) is 34.1. The predicted molar refractivity (Wildman–Crippen MR) is 147 cm³/mol. The first-order chi connectivity index (χ1) is 20.5. The highest BCUT2D eigenvalue weighted by Gasteiger charge is 2.46. The number of hydrogen-bond donors (Lipinski definition) is 10. The van der Waals surface area contributed by atoms with Crippen molar-refractivity contribution in [3.8, 4) is 0 Å². The monoisotopic (exact) mass is 608 g/mol. The topological polar surface area (TPSA) is 263 Å². The van der Waals surface area contributed by atoms with Crippen molar-refractivity contribution in [3.05, 3.63) is 54.6 Å². The van der Waals surface area contributed by atoms with E-state index in [1.54, 1.807) is 36.4 Å². The molecular formula is C27H36N4O12. The molecule has 1 aliphatic heterocycles. The molecule has 1 heterocycles. The van der Waals surface area contributed by atoms with E-state index >= 15 is 0 Å². The molecule has 10 N–H and O–H groups in total. The predicted octanol–water partition coefficient (Wildman–Crippen LogP) is -1.99. The second-order valence-electron chi connectivity index (χ2n) is 9.75. The maximum atomic E-state index is 12.5. The third-order valence-corrected chi connectivity index (χ3v) is 6.52. The summed E-state index contributed by atoms with van der Waals surface area (Å²) in [4.78, 5) is 24.9. The molecule has 16 nitrogen and oxygen atoms in total. The molecule has 1 fully saturated rings. The lowest BCUT2D eigenvalue weighted by Crippen LogP contribution is -2.58. The van der Waals surface area contributed by atoms with Crippen molar-refractivity contribution in [2.45, 2.75) is 55.6 Å². The molecule has 0 saturated carbocycles. The number of azo groups is 1. The van der Waals surface area contributed by atoms with Gasteiger partial charge in [0.05, 0.1) is 55.4 Å². The quantitative estimate of drug-likeness (QED) is 0.105. The lowest BCUT2D eigenvalue weighted by atomic mass is 9.94. The SMILES string of the molecule is O=C(CNC(=O)C(O)C(O)C(CC(O)CO)OC1O[C@H](O)[C@@H](O)[C@@H](O)[C@H]1CO)Nc1ccc(N=Nc2ccccc2)cc1. The number of hydrogen-bond acceptors (Lipinski definition) is 14. The van der Waals surface area contributed by atoms with Crippen LogP contribution in [-0.2, 0) is 19.1 Å². The molecule has 1 aliphatic rings. The average Bonchev–Trinajstić information content (AvgIpc) is 3.01. The summed E-state index contributed by atoms with van der Waals surface area (Å²) in [5, 5.41) is 92.4. The molecule has 43 heavy (non-hydrogen) atoms. The maximum absolute atomic E-state index is 12.5. The zero-order valence-electron chi connectivity index (χ0n) is 22.8. The molecule has 16 heteroatoms. The fraction of sp³-hybridized carbons (Fsp3) is 0.481. The maximum Gasteiger partial charge on any atom is 0.252 e. The molecule has 236 valence electrons. The molecule has 0 bridgehead atoms. The Morgan fingerprint density at radius 3 is 2.14 bits per heavy atom. The van der Waals surface area contributed by atoms with Gasteiger partial charge in [-0.1, -0.05) is 18.2 Å². The first-order valence-electron chi connectivity index (χ1n) is 13.3. The summed E-state index contributed by atoms with van der Waals surface area (Å²) < 4.78 is 10.5. The largest absolute Gasteiger partial charge is 0.396 e. The van der Waals surface area contributed by atoms with E-state index in [0.29, 0.717) is 17.1 Å². The fourth-order valence-corrected chi connectivity index (χ4v) is 4.08. The number of carbonyl (C=O) groups is 2. The number of benzene rings is 2. The molecule has 0 aliphatic carbocycles. The Hall–Kier alpha value is -3.42. The van der Waals surface area contributed by atoms with Crippen LogP contribution in [0.25, 0.3) is 0 Å². The van der Waals surface area contributed by atoms with E-state index in [1.165, 1.54) is 0 Å². The first-order valence-corrected chi connectivity index (χ1v) is 13.3. The Bertz CT molecular complexity index is 1190. The van der Waals surface area contributed by atoms with Crippen molar-refractivity contribution in [1.82, 2.24) is 5.32 Å². The highest BCUT2D eigenvalue weighted by molar-refractivity contribution is 5.95. The summed E-state index contributed by atoms with van der Waals surface area (Å²) in [5.74, 6) is -3.18. The standard InChI is InChI=1S/C27H36N4O12/c32-12-17(34)10-19(42-27-18(13-33)21(36)24(39)26(41)43-27)22(37)23(38)25(40)28-11-20(35)29-14-6-8-16(9-7-14)31-30-15-4-2-1-3-5-15/h1-9,17-19,21-24,26-27,32-34,36-39,41H,10-13H2,(H,28,40)(H,29,35)/t17?,18-,19?,21+,22?,23?,24+,26+,27?/m1/s1. The Labute approximate surface area is 245 Å². The van der Waals surface area contributed by atoms with E-state index in [4.69, 9.17) is 9.47 Å². The smallest absolute Gasteiger partial charge is 0.252 e. The van der Waals surface area contributed by atoms with Crippen molar-refractivity contribution >= 4 is 28.9 Å². The van der Waals surface area contributed by atoms with Gasteiger partial charge in [-0.3, -0.25) is 9.59 Å². The molecule has 2 aromatic carbocycles. The van der Waals surface area contributed by atoms with E-state index < -0.39 is 93.1 Å². The summed E-state index contributed by atoms with van der Waals surface area (Å²) in [5.41, 5.74) is 1.57. The van der Waals surface area contributed by atoms with E-state index in [9.17, 15) is 50.4 Å². The molecule has 0 radical (unpaired) electrons. The van der Waals surface area contributed by atoms with Crippen molar-refractivity contribution in [1.29, 1.82) is 0 Å². The fourth-order valence-electron chi connectivity index (χ4n) is 4.08. The van der Waals surface area contributed by atoms with Gasteiger partial charge in [-0.25, -0.2) is 0 Å². The second-order valence-corrected chi connectivity index (χ2v) is 9.75. The van der Waals surface area contributed by atoms with Gasteiger partial charge in [0.15, 0.2) is 18.7 Å². The average molecular weight is 609 g/mol. The van der Waals surface area contributed by atoms with Gasteiger partial charge in [-0.05, 0) is 36.4 Å². The number of rotatable bonds is 14. The Morgan fingerprint density at radius 1 is 0.907 bits per heavy atom. The molecule has 9 atom stereocenters. The molecule has 2 amide bonds. The van der Waals surface area contributed by atoms with Crippen molar-refractivity contribution in [2.75, 3.05) is 25.1 Å². The Balaban J connectivity index is 1.55. The molecule has 0 aromatic heterocycles. The highest BCUT2D eigenvalue weighted by atomic mass is 16.7. The van der Waals surface area contributed by atoms with Crippen LogP contribution in [0, 0.1) is 5.92 Å². The summed E-state index contributed by atoms with van der Waals surface area (Å²) in [6.07, 6.45) is -15.1. The number of anilines is 1. The van der Waals surface area contributed by atoms with Gasteiger partial charge < -0.3 is 61.0 Å². The number of nitrogens with one attached hydrogen (secondary N) is 2. The molecule has 1 saturated heterocycles. The lowest BCUT2D eigenvalue weighted by molar-refractivity contribution is -0.347. The lowest BCUT2D eigenvalue weighted by Gasteiger charge is -2.42. The highest BCUT2D eigenvalue weighted by Crippen LogP contribution is 2.28. The van der Waals surface area contributed by atoms with E-state index in [1.807, 2.05) is 18.2 Å². The van der Waals surface area contributed by atoms with Crippen LogP contribution in [0.2, 0.25) is 0 Å². The van der Waals surface area contributed by atoms with Gasteiger partial charge in [-0.15, -0.1) is 0 Å². The van der Waals surface area contributed by atoms with Crippen molar-refractivity contribution in [2.24, 2.45) is 16.1 Å². The Morgan fingerprint density at radius 2 is 1.53 bits per heavy atom. The molecule has 2 aromatic rings. The van der Waals surface area contributed by atoms with Gasteiger partial charge in [0.25, 0.3) is 5.91 Å². The summed E-state index contributed by atoms with van der Waals surface area (Å²) >= 11 is 0. The molecule has 0 spiro atoms. The third kappa shape index (κ3) is 9.80.